The van der Waals surface area contributed by atoms with Crippen LogP contribution in [-0.2, 0) is 14.4 Å². The number of carbonyl (C=O) groups is 4. The lowest BCUT2D eigenvalue weighted by molar-refractivity contribution is -0.189. The van der Waals surface area contributed by atoms with Crippen LogP contribution in [-0.4, -0.2) is 40.4 Å². The highest BCUT2D eigenvalue weighted by Gasteiger charge is 2.70. The Labute approximate surface area is 251 Å². The van der Waals surface area contributed by atoms with E-state index in [1.165, 1.54) is 5.57 Å². The highest BCUT2D eigenvalue weighted by molar-refractivity contribution is 5.95. The molecule has 9 atom stereocenters. The van der Waals surface area contributed by atoms with Gasteiger partial charge in [-0.05, 0) is 110 Å². The van der Waals surface area contributed by atoms with Crippen LogP contribution in [0.2, 0.25) is 0 Å². The van der Waals surface area contributed by atoms with Crippen molar-refractivity contribution in [2.75, 3.05) is 0 Å². The first-order valence-corrected chi connectivity index (χ1v) is 16.2. The molecule has 0 radical (unpaired) electrons. The first kappa shape index (κ1) is 31.1. The molecule has 5 rings (SSSR count). The second-order valence-electron chi connectivity index (χ2n) is 16.6. The number of primary amides is 1. The van der Waals surface area contributed by atoms with Gasteiger partial charge in [0.2, 0.25) is 5.91 Å². The van der Waals surface area contributed by atoms with Crippen LogP contribution in [0.3, 0.4) is 0 Å². The predicted molar refractivity (Wildman–Crippen MR) is 161 cm³/mol. The lowest BCUT2D eigenvalue weighted by atomic mass is 9.33. The number of urea groups is 1. The zero-order valence-electron chi connectivity index (χ0n) is 26.8. The predicted octanol–water partition coefficient (Wildman–Crippen LogP) is 5.74. The van der Waals surface area contributed by atoms with Gasteiger partial charge in [0.25, 0.3) is 0 Å². The topological polar surface area (TPSA) is 139 Å². The molecule has 0 aromatic carbocycles. The number of allylic oxidation sites excluding steroid dienone is 2. The Hall–Kier alpha value is -2.38. The maximum absolute atomic E-state index is 14.5. The maximum Gasteiger partial charge on any atom is 0.312 e. The van der Waals surface area contributed by atoms with E-state index in [9.17, 15) is 19.2 Å². The van der Waals surface area contributed by atoms with Gasteiger partial charge in [-0.2, -0.15) is 0 Å². The van der Waals surface area contributed by atoms with E-state index in [0.29, 0.717) is 0 Å². The largest absolute Gasteiger partial charge is 0.481 e. The monoisotopic (exact) mass is 583 g/mol. The summed E-state index contributed by atoms with van der Waals surface area (Å²) in [5, 5.41) is 15.2. The van der Waals surface area contributed by atoms with E-state index in [1.54, 1.807) is 0 Å². The number of ketones is 1. The van der Waals surface area contributed by atoms with Crippen molar-refractivity contribution in [2.24, 2.45) is 50.6 Å². The maximum atomic E-state index is 14.5. The molecule has 42 heavy (non-hydrogen) atoms. The minimum absolute atomic E-state index is 0.0109. The van der Waals surface area contributed by atoms with E-state index >= 15 is 0 Å². The van der Waals surface area contributed by atoms with Crippen molar-refractivity contribution >= 4 is 23.7 Å². The van der Waals surface area contributed by atoms with Gasteiger partial charge in [-0.1, -0.05) is 47.1 Å². The number of hydrogen-bond donors (Lipinski definition) is 4. The van der Waals surface area contributed by atoms with E-state index in [1.807, 2.05) is 6.08 Å². The Morgan fingerprint density at radius 2 is 1.60 bits per heavy atom. The summed E-state index contributed by atoms with van der Waals surface area (Å²) in [5.41, 5.74) is 5.91. The standard InChI is InChI=1S/C34H53N3O5/c1-29(2)23-10-13-34(7)27(32(23,5)12-11-24(29)36-25(39)8-9-26(40)41)22(38)18-20-21-19-31(4,37-28(35)42)16-14-30(21,3)15-17-33(20,34)6/h18,21,23-24,27H,8-17,19H2,1-7H3,(H,36,39)(H,40,41)(H3,35,37,42)/t21-,23-,24-,27+,30+,31-,32-,33+,34+/m0/s1. The number of hydrogen-bond acceptors (Lipinski definition) is 4. The van der Waals surface area contributed by atoms with Crippen molar-refractivity contribution in [3.63, 3.8) is 0 Å². The Balaban J connectivity index is 1.48. The van der Waals surface area contributed by atoms with Crippen LogP contribution in [0.25, 0.3) is 0 Å². The van der Waals surface area contributed by atoms with E-state index in [2.05, 4.69) is 59.1 Å². The molecule has 4 saturated carbocycles. The van der Waals surface area contributed by atoms with Gasteiger partial charge in [-0.25, -0.2) is 4.79 Å². The van der Waals surface area contributed by atoms with Crippen molar-refractivity contribution in [2.45, 2.75) is 131 Å². The van der Waals surface area contributed by atoms with Gasteiger partial charge in [0.1, 0.15) is 0 Å². The fourth-order valence-electron chi connectivity index (χ4n) is 11.3. The molecule has 5 N–H and O–H groups in total. The molecule has 8 heteroatoms. The van der Waals surface area contributed by atoms with Gasteiger partial charge in [0.05, 0.1) is 6.42 Å². The molecule has 0 unspecified atom stereocenters. The quantitative estimate of drug-likeness (QED) is 0.327. The third-order valence-electron chi connectivity index (χ3n) is 13.9. The minimum atomic E-state index is -0.964. The van der Waals surface area contributed by atoms with Crippen molar-refractivity contribution in [3.05, 3.63) is 11.6 Å². The molecular formula is C34H53N3O5. The van der Waals surface area contributed by atoms with Crippen LogP contribution in [0, 0.1) is 44.8 Å². The number of fused-ring (bicyclic) bond motifs is 7. The van der Waals surface area contributed by atoms with E-state index in [4.69, 9.17) is 10.8 Å². The van der Waals surface area contributed by atoms with Crippen LogP contribution in [0.1, 0.15) is 119 Å². The Bertz CT molecular complexity index is 1230. The van der Waals surface area contributed by atoms with Gasteiger partial charge in [0, 0.05) is 23.9 Å². The van der Waals surface area contributed by atoms with Crippen molar-refractivity contribution in [3.8, 4) is 0 Å². The Morgan fingerprint density at radius 3 is 2.24 bits per heavy atom. The number of rotatable bonds is 5. The molecular weight excluding hydrogens is 530 g/mol. The summed E-state index contributed by atoms with van der Waals surface area (Å²) < 4.78 is 0. The van der Waals surface area contributed by atoms with Gasteiger partial charge >= 0.3 is 12.0 Å². The molecule has 3 amide bonds. The van der Waals surface area contributed by atoms with Crippen LogP contribution >= 0.6 is 0 Å². The Morgan fingerprint density at radius 1 is 0.929 bits per heavy atom. The number of nitrogens with two attached hydrogens (primary N) is 1. The zero-order valence-corrected chi connectivity index (χ0v) is 26.8. The second-order valence-corrected chi connectivity index (χ2v) is 16.6. The zero-order chi connectivity index (χ0) is 31.1. The molecule has 0 aromatic heterocycles. The highest BCUT2D eigenvalue weighted by Crippen LogP contribution is 2.74. The third kappa shape index (κ3) is 4.52. The van der Waals surface area contributed by atoms with Crippen molar-refractivity contribution in [1.29, 1.82) is 0 Å². The third-order valence-corrected chi connectivity index (χ3v) is 13.9. The number of nitrogens with one attached hydrogen (secondary N) is 2. The molecule has 8 nitrogen and oxygen atoms in total. The number of carbonyl (C=O) groups excluding carboxylic acids is 3. The highest BCUT2D eigenvalue weighted by atomic mass is 16.4. The number of carboxylic acid groups (broad SMARTS) is 1. The molecule has 0 bridgehead atoms. The van der Waals surface area contributed by atoms with Gasteiger partial charge < -0.3 is 21.5 Å². The fourth-order valence-corrected chi connectivity index (χ4v) is 11.3. The van der Waals surface area contributed by atoms with Gasteiger partial charge in [-0.3, -0.25) is 14.4 Å². The summed E-state index contributed by atoms with van der Waals surface area (Å²) in [6.45, 7) is 16.1. The van der Waals surface area contributed by atoms with Crippen LogP contribution in [0.15, 0.2) is 11.6 Å². The van der Waals surface area contributed by atoms with Crippen molar-refractivity contribution < 1.29 is 24.3 Å². The molecule has 0 spiro atoms. The molecule has 4 fully saturated rings. The summed E-state index contributed by atoms with van der Waals surface area (Å²) >= 11 is 0. The van der Waals surface area contributed by atoms with E-state index in [-0.39, 0.29) is 80.9 Å². The summed E-state index contributed by atoms with van der Waals surface area (Å²) in [6.07, 6.45) is 10.3. The average molecular weight is 584 g/mol. The second kappa shape index (κ2) is 9.82. The molecule has 5 aliphatic rings. The fraction of sp³-hybridized carbons (Fsp3) is 0.824. The lowest BCUT2D eigenvalue weighted by Crippen LogP contribution is -2.68. The normalized spacial score (nSPS) is 45.7. The summed E-state index contributed by atoms with van der Waals surface area (Å²) in [7, 11) is 0. The number of amides is 3. The Kier molecular flexibility index (Phi) is 7.26. The van der Waals surface area contributed by atoms with Gasteiger partial charge in [-0.15, -0.1) is 0 Å². The van der Waals surface area contributed by atoms with Crippen LogP contribution in [0.4, 0.5) is 4.79 Å². The van der Waals surface area contributed by atoms with Gasteiger partial charge in [0.15, 0.2) is 5.78 Å². The molecule has 0 heterocycles. The van der Waals surface area contributed by atoms with Crippen LogP contribution < -0.4 is 16.4 Å². The molecule has 0 aromatic rings. The number of aliphatic carboxylic acids is 1. The smallest absolute Gasteiger partial charge is 0.312 e. The summed E-state index contributed by atoms with van der Waals surface area (Å²) in [4.78, 5) is 50.1. The number of carboxylic acids is 1. The minimum Gasteiger partial charge on any atom is -0.481 e. The molecule has 0 aliphatic heterocycles. The van der Waals surface area contributed by atoms with Crippen molar-refractivity contribution in [1.82, 2.24) is 10.6 Å². The lowest BCUT2D eigenvalue weighted by Gasteiger charge is -2.70. The van der Waals surface area contributed by atoms with E-state index in [0.717, 1.165) is 57.8 Å². The summed E-state index contributed by atoms with van der Waals surface area (Å²) in [5.74, 6) is -0.518. The molecule has 234 valence electrons. The first-order valence-electron chi connectivity index (χ1n) is 16.2. The molecule has 0 saturated heterocycles. The SMILES string of the molecule is CC1(C)[C@@H](NC(=O)CCC(=O)O)CC[C@]2(C)[C@H]3C(=O)C=C4[C@@H]5C[C@@](C)(NC(N)=O)CC[C@]5(C)CC[C@@]4(C)[C@]3(C)CC[C@@H]12. The average Bonchev–Trinajstić information content (AvgIpc) is 2.86. The van der Waals surface area contributed by atoms with E-state index < -0.39 is 12.0 Å². The van der Waals surface area contributed by atoms with Crippen LogP contribution in [0.5, 0.6) is 0 Å². The summed E-state index contributed by atoms with van der Waals surface area (Å²) in [6, 6.07) is -0.530. The molecule has 5 aliphatic carbocycles. The first-order chi connectivity index (χ1) is 19.3.